The number of rotatable bonds is 5. The minimum Gasteiger partial charge on any atom is -0.202 e. The zero-order chi connectivity index (χ0) is 12.1. The van der Waals surface area contributed by atoms with Crippen molar-refractivity contribution in [3.8, 4) is 0 Å². The van der Waals surface area contributed by atoms with E-state index in [4.69, 9.17) is 0 Å². The second kappa shape index (κ2) is 5.95. The van der Waals surface area contributed by atoms with Gasteiger partial charge in [0.25, 0.3) is 10.2 Å². The van der Waals surface area contributed by atoms with Gasteiger partial charge in [-0.25, -0.2) is 4.72 Å². The Labute approximate surface area is 107 Å². The molecule has 0 aliphatic carbocycles. The van der Waals surface area contributed by atoms with Gasteiger partial charge >= 0.3 is 0 Å². The van der Waals surface area contributed by atoms with Crippen molar-refractivity contribution in [1.29, 1.82) is 0 Å². The van der Waals surface area contributed by atoms with Gasteiger partial charge in [0.15, 0.2) is 0 Å². The number of hydrogen-bond acceptors (Lipinski definition) is 3. The van der Waals surface area contributed by atoms with Crippen LogP contribution < -0.4 is 4.72 Å². The van der Waals surface area contributed by atoms with Crippen LogP contribution in [-0.4, -0.2) is 32.4 Å². The van der Waals surface area contributed by atoms with E-state index in [1.165, 1.54) is 4.88 Å². The average Bonchev–Trinajstić information content (AvgIpc) is 2.83. The molecule has 1 fully saturated rings. The molecule has 0 spiro atoms. The summed E-state index contributed by atoms with van der Waals surface area (Å²) in [5.41, 5.74) is 0. The van der Waals surface area contributed by atoms with Crippen LogP contribution in [0.5, 0.6) is 0 Å². The summed E-state index contributed by atoms with van der Waals surface area (Å²) < 4.78 is 28.1. The van der Waals surface area contributed by atoms with Crippen LogP contribution in [0, 0.1) is 0 Å². The van der Waals surface area contributed by atoms with E-state index >= 15 is 0 Å². The summed E-state index contributed by atoms with van der Waals surface area (Å²) in [6.07, 6.45) is 3.86. The molecule has 1 N–H and O–H groups in total. The molecule has 0 unspecified atom stereocenters. The van der Waals surface area contributed by atoms with Crippen LogP contribution in [0.3, 0.4) is 0 Å². The lowest BCUT2D eigenvalue weighted by Crippen LogP contribution is -2.43. The maximum Gasteiger partial charge on any atom is 0.279 e. The molecule has 0 aromatic carbocycles. The highest BCUT2D eigenvalue weighted by atomic mass is 32.2. The molecule has 1 aliphatic heterocycles. The SMILES string of the molecule is O=S(=O)(NCCc1cccs1)N1CCCCC1. The first kappa shape index (κ1) is 13.0. The van der Waals surface area contributed by atoms with Crippen LogP contribution >= 0.6 is 11.3 Å². The molecule has 0 amide bonds. The van der Waals surface area contributed by atoms with Crippen molar-refractivity contribution >= 4 is 21.5 Å². The Balaban J connectivity index is 1.80. The fourth-order valence-electron chi connectivity index (χ4n) is 1.95. The molecule has 1 aromatic rings. The minimum absolute atomic E-state index is 0.485. The Morgan fingerprint density at radius 2 is 2.06 bits per heavy atom. The van der Waals surface area contributed by atoms with Gasteiger partial charge in [-0.05, 0) is 30.7 Å². The maximum atomic E-state index is 11.9. The second-order valence-corrected chi connectivity index (χ2v) is 6.98. The van der Waals surface area contributed by atoms with E-state index in [0.717, 1.165) is 25.7 Å². The first-order valence-corrected chi connectivity index (χ1v) is 8.27. The topological polar surface area (TPSA) is 49.4 Å². The van der Waals surface area contributed by atoms with Gasteiger partial charge in [0, 0.05) is 24.5 Å². The van der Waals surface area contributed by atoms with Crippen molar-refractivity contribution in [1.82, 2.24) is 9.03 Å². The van der Waals surface area contributed by atoms with Gasteiger partial charge in [0.05, 0.1) is 0 Å². The Morgan fingerprint density at radius 3 is 2.71 bits per heavy atom. The van der Waals surface area contributed by atoms with Gasteiger partial charge in [-0.1, -0.05) is 12.5 Å². The highest BCUT2D eigenvalue weighted by molar-refractivity contribution is 7.87. The van der Waals surface area contributed by atoms with Gasteiger partial charge in [0.2, 0.25) is 0 Å². The monoisotopic (exact) mass is 274 g/mol. The summed E-state index contributed by atoms with van der Waals surface area (Å²) in [5, 5.41) is 2.01. The molecule has 0 atom stereocenters. The quantitative estimate of drug-likeness (QED) is 0.887. The van der Waals surface area contributed by atoms with E-state index in [0.29, 0.717) is 19.6 Å². The third kappa shape index (κ3) is 3.77. The molecule has 2 heterocycles. The van der Waals surface area contributed by atoms with Crippen molar-refractivity contribution in [3.63, 3.8) is 0 Å². The third-order valence-corrected chi connectivity index (χ3v) is 5.44. The molecule has 4 nitrogen and oxygen atoms in total. The third-order valence-electron chi connectivity index (χ3n) is 2.89. The number of nitrogens with zero attached hydrogens (tertiary/aromatic N) is 1. The van der Waals surface area contributed by atoms with E-state index in [9.17, 15) is 8.42 Å². The smallest absolute Gasteiger partial charge is 0.202 e. The van der Waals surface area contributed by atoms with Crippen LogP contribution in [0.4, 0.5) is 0 Å². The molecule has 0 bridgehead atoms. The summed E-state index contributed by atoms with van der Waals surface area (Å²) in [7, 11) is -3.25. The van der Waals surface area contributed by atoms with Crippen molar-refractivity contribution in [2.45, 2.75) is 25.7 Å². The molecule has 17 heavy (non-hydrogen) atoms. The van der Waals surface area contributed by atoms with Gasteiger partial charge in [-0.15, -0.1) is 11.3 Å². The highest BCUT2D eigenvalue weighted by Gasteiger charge is 2.22. The predicted molar refractivity (Wildman–Crippen MR) is 70.4 cm³/mol. The molecule has 2 rings (SSSR count). The molecule has 6 heteroatoms. The Morgan fingerprint density at radius 1 is 1.29 bits per heavy atom. The van der Waals surface area contributed by atoms with E-state index in [2.05, 4.69) is 4.72 Å². The largest absolute Gasteiger partial charge is 0.279 e. The lowest BCUT2D eigenvalue weighted by atomic mass is 10.2. The Kier molecular flexibility index (Phi) is 4.55. The van der Waals surface area contributed by atoms with Gasteiger partial charge in [-0.2, -0.15) is 12.7 Å². The standard InChI is InChI=1S/C11H18N2O2S2/c14-17(15,13-8-2-1-3-9-13)12-7-6-11-5-4-10-16-11/h4-5,10,12H,1-3,6-9H2. The van der Waals surface area contributed by atoms with Crippen LogP contribution in [0.25, 0.3) is 0 Å². The van der Waals surface area contributed by atoms with E-state index in [-0.39, 0.29) is 0 Å². The summed E-state index contributed by atoms with van der Waals surface area (Å²) in [5.74, 6) is 0. The zero-order valence-electron chi connectivity index (χ0n) is 9.76. The van der Waals surface area contributed by atoms with E-state index in [1.54, 1.807) is 15.6 Å². The molecule has 1 saturated heterocycles. The fourth-order valence-corrected chi connectivity index (χ4v) is 3.95. The molecule has 96 valence electrons. The van der Waals surface area contributed by atoms with E-state index < -0.39 is 10.2 Å². The summed E-state index contributed by atoms with van der Waals surface area (Å²) in [6, 6.07) is 4.01. The molecule has 1 aromatic heterocycles. The predicted octanol–water partition coefficient (Wildman–Crippen LogP) is 1.61. The Bertz CT molecular complexity index is 422. The van der Waals surface area contributed by atoms with Gasteiger partial charge < -0.3 is 0 Å². The number of hydrogen-bond donors (Lipinski definition) is 1. The fraction of sp³-hybridized carbons (Fsp3) is 0.636. The number of piperidine rings is 1. The normalized spacial score (nSPS) is 18.4. The second-order valence-electron chi connectivity index (χ2n) is 4.19. The first-order chi connectivity index (χ1) is 8.18. The zero-order valence-corrected chi connectivity index (χ0v) is 11.4. The molecule has 1 aliphatic rings. The Hall–Kier alpha value is -0.430. The van der Waals surface area contributed by atoms with Crippen molar-refractivity contribution in [2.24, 2.45) is 0 Å². The van der Waals surface area contributed by atoms with Crippen LogP contribution in [-0.2, 0) is 16.6 Å². The van der Waals surface area contributed by atoms with Crippen molar-refractivity contribution < 1.29 is 8.42 Å². The van der Waals surface area contributed by atoms with Gasteiger partial charge in [-0.3, -0.25) is 0 Å². The van der Waals surface area contributed by atoms with Crippen molar-refractivity contribution in [2.75, 3.05) is 19.6 Å². The molecular weight excluding hydrogens is 256 g/mol. The maximum absolute atomic E-state index is 11.9. The van der Waals surface area contributed by atoms with Crippen molar-refractivity contribution in [3.05, 3.63) is 22.4 Å². The van der Waals surface area contributed by atoms with Crippen LogP contribution in [0.15, 0.2) is 17.5 Å². The summed E-state index contributed by atoms with van der Waals surface area (Å²) in [4.78, 5) is 1.21. The van der Waals surface area contributed by atoms with E-state index in [1.807, 2.05) is 17.5 Å². The lowest BCUT2D eigenvalue weighted by molar-refractivity contribution is 0.342. The number of nitrogens with one attached hydrogen (secondary N) is 1. The molecule has 0 saturated carbocycles. The summed E-state index contributed by atoms with van der Waals surface area (Å²) >= 11 is 1.66. The first-order valence-electron chi connectivity index (χ1n) is 5.95. The molecule has 0 radical (unpaired) electrons. The minimum atomic E-state index is -3.25. The average molecular weight is 274 g/mol. The van der Waals surface area contributed by atoms with Crippen LogP contribution in [0.1, 0.15) is 24.1 Å². The highest BCUT2D eigenvalue weighted by Crippen LogP contribution is 2.12. The van der Waals surface area contributed by atoms with Crippen LogP contribution in [0.2, 0.25) is 0 Å². The van der Waals surface area contributed by atoms with Gasteiger partial charge in [0.1, 0.15) is 0 Å². The lowest BCUT2D eigenvalue weighted by Gasteiger charge is -2.25. The molecular formula is C11H18N2O2S2. The number of thiophene rings is 1. The summed E-state index contributed by atoms with van der Waals surface area (Å²) in [6.45, 7) is 1.81.